The summed E-state index contributed by atoms with van der Waals surface area (Å²) in [5.41, 5.74) is 7.04. The molecular weight excluding hydrogens is 360 g/mol. The molecule has 0 spiro atoms. The van der Waals surface area contributed by atoms with Gasteiger partial charge >= 0.3 is 0 Å². The first-order valence-corrected chi connectivity index (χ1v) is 9.07. The third-order valence-electron chi connectivity index (χ3n) is 4.06. The summed E-state index contributed by atoms with van der Waals surface area (Å²) in [6, 6.07) is 16.9. The monoisotopic (exact) mass is 386 g/mol. The van der Waals surface area contributed by atoms with Crippen molar-refractivity contribution >= 4 is 11.8 Å². The Kier molecular flexibility index (Phi) is 7.98. The lowest BCUT2D eigenvalue weighted by Gasteiger charge is -2.20. The van der Waals surface area contributed by atoms with Gasteiger partial charge in [0.15, 0.2) is 0 Å². The second-order valence-electron chi connectivity index (χ2n) is 6.89. The molecule has 150 valence electrons. The summed E-state index contributed by atoms with van der Waals surface area (Å²) in [5, 5.41) is 9.90. The molecule has 28 heavy (non-hydrogen) atoms. The standard InChI is InChI=1S/C21H26N2O5/c1-15(2)12-19(20(22)24)21(25)23(26)28-14-17-8-10-18(11-9-17)27-13-16-6-4-3-5-7-16/h3-11,15,19,26H,12-14H2,1-2H3,(H2,22,24). The molecule has 3 N–H and O–H groups in total. The quantitative estimate of drug-likeness (QED) is 0.371. The number of hydrogen-bond donors (Lipinski definition) is 2. The number of ether oxygens (including phenoxy) is 1. The van der Waals surface area contributed by atoms with E-state index in [0.717, 1.165) is 11.1 Å². The van der Waals surface area contributed by atoms with Gasteiger partial charge in [-0.3, -0.25) is 14.8 Å². The van der Waals surface area contributed by atoms with E-state index in [1.165, 1.54) is 0 Å². The van der Waals surface area contributed by atoms with Crippen molar-refractivity contribution < 1.29 is 24.4 Å². The van der Waals surface area contributed by atoms with E-state index in [1.807, 2.05) is 44.2 Å². The van der Waals surface area contributed by atoms with Crippen LogP contribution >= 0.6 is 0 Å². The molecule has 0 saturated heterocycles. The summed E-state index contributed by atoms with van der Waals surface area (Å²) in [6.45, 7) is 4.12. The van der Waals surface area contributed by atoms with E-state index in [2.05, 4.69) is 0 Å². The summed E-state index contributed by atoms with van der Waals surface area (Å²) in [6.07, 6.45) is 0.238. The topological polar surface area (TPSA) is 102 Å². The van der Waals surface area contributed by atoms with Crippen molar-refractivity contribution in [3.63, 3.8) is 0 Å². The number of amides is 2. The molecule has 0 aliphatic carbocycles. The molecule has 0 bridgehead atoms. The van der Waals surface area contributed by atoms with Crippen molar-refractivity contribution in [1.82, 2.24) is 5.23 Å². The second kappa shape index (κ2) is 10.4. The lowest BCUT2D eigenvalue weighted by atomic mass is 9.96. The van der Waals surface area contributed by atoms with Crippen LogP contribution in [0.25, 0.3) is 0 Å². The van der Waals surface area contributed by atoms with Crippen molar-refractivity contribution in [2.45, 2.75) is 33.5 Å². The normalized spacial score (nSPS) is 11.9. The molecular formula is C21H26N2O5. The summed E-state index contributed by atoms with van der Waals surface area (Å²) in [5.74, 6) is -2.03. The van der Waals surface area contributed by atoms with Crippen LogP contribution in [0.2, 0.25) is 0 Å². The van der Waals surface area contributed by atoms with Crippen LogP contribution in [0.3, 0.4) is 0 Å². The lowest BCUT2D eigenvalue weighted by molar-refractivity contribution is -0.323. The molecule has 0 radical (unpaired) electrons. The molecule has 1 unspecified atom stereocenters. The first kappa shape index (κ1) is 21.4. The maximum absolute atomic E-state index is 12.1. The second-order valence-corrected chi connectivity index (χ2v) is 6.89. The van der Waals surface area contributed by atoms with Crippen molar-refractivity contribution in [1.29, 1.82) is 0 Å². The van der Waals surface area contributed by atoms with Crippen molar-refractivity contribution in [2.24, 2.45) is 17.6 Å². The molecule has 2 aromatic carbocycles. The van der Waals surface area contributed by atoms with Gasteiger partial charge in [0.1, 0.15) is 24.9 Å². The highest BCUT2D eigenvalue weighted by atomic mass is 16.9. The molecule has 7 heteroatoms. The van der Waals surface area contributed by atoms with Crippen LogP contribution in [-0.2, 0) is 27.6 Å². The van der Waals surface area contributed by atoms with Gasteiger partial charge in [-0.1, -0.05) is 61.5 Å². The number of primary amides is 1. The average molecular weight is 386 g/mol. The fourth-order valence-electron chi connectivity index (χ4n) is 2.57. The predicted octanol–water partition coefficient (Wildman–Crippen LogP) is 3.06. The van der Waals surface area contributed by atoms with Crippen LogP contribution in [0, 0.1) is 11.8 Å². The van der Waals surface area contributed by atoms with Gasteiger partial charge in [0.05, 0.1) is 0 Å². The van der Waals surface area contributed by atoms with Crippen molar-refractivity contribution in [2.75, 3.05) is 0 Å². The zero-order chi connectivity index (χ0) is 20.5. The zero-order valence-corrected chi connectivity index (χ0v) is 16.1. The number of carbonyl (C=O) groups excluding carboxylic acids is 2. The SMILES string of the molecule is CC(C)CC(C(N)=O)C(=O)N(O)OCc1ccc(OCc2ccccc2)cc1. The predicted molar refractivity (Wildman–Crippen MR) is 103 cm³/mol. The smallest absolute Gasteiger partial charge is 0.285 e. The van der Waals surface area contributed by atoms with Crippen LogP contribution in [0.1, 0.15) is 31.4 Å². The van der Waals surface area contributed by atoms with E-state index < -0.39 is 17.7 Å². The van der Waals surface area contributed by atoms with E-state index >= 15 is 0 Å². The minimum atomic E-state index is -1.13. The summed E-state index contributed by atoms with van der Waals surface area (Å²) >= 11 is 0. The number of benzene rings is 2. The molecule has 0 aromatic heterocycles. The molecule has 2 rings (SSSR count). The average Bonchev–Trinajstić information content (AvgIpc) is 2.69. The van der Waals surface area contributed by atoms with Crippen LogP contribution in [-0.4, -0.2) is 22.2 Å². The Morgan fingerprint density at radius 2 is 1.61 bits per heavy atom. The number of nitrogens with two attached hydrogens (primary N) is 1. The maximum atomic E-state index is 12.1. The third-order valence-corrected chi connectivity index (χ3v) is 4.06. The molecule has 2 aromatic rings. The van der Waals surface area contributed by atoms with Crippen molar-refractivity contribution in [3.05, 3.63) is 65.7 Å². The molecule has 0 aliphatic rings. The number of hydroxylamine groups is 2. The third kappa shape index (κ3) is 6.68. The molecule has 2 amide bonds. The first-order chi connectivity index (χ1) is 13.4. The zero-order valence-electron chi connectivity index (χ0n) is 16.1. The highest BCUT2D eigenvalue weighted by molar-refractivity contribution is 5.98. The van der Waals surface area contributed by atoms with Crippen molar-refractivity contribution in [3.8, 4) is 5.75 Å². The Balaban J connectivity index is 1.84. The van der Waals surface area contributed by atoms with Gasteiger partial charge in [0.2, 0.25) is 5.91 Å². The van der Waals surface area contributed by atoms with Gasteiger partial charge in [-0.15, -0.1) is 0 Å². The summed E-state index contributed by atoms with van der Waals surface area (Å²) in [4.78, 5) is 28.7. The van der Waals surface area contributed by atoms with Crippen LogP contribution in [0.5, 0.6) is 5.75 Å². The largest absolute Gasteiger partial charge is 0.489 e. The van der Waals surface area contributed by atoms with Crippen LogP contribution in [0.15, 0.2) is 54.6 Å². The highest BCUT2D eigenvalue weighted by Gasteiger charge is 2.30. The Morgan fingerprint density at radius 1 is 1.00 bits per heavy atom. The van der Waals surface area contributed by atoms with Gasteiger partial charge in [0.25, 0.3) is 5.91 Å². The van der Waals surface area contributed by atoms with E-state index in [9.17, 15) is 14.8 Å². The van der Waals surface area contributed by atoms with Gasteiger partial charge in [0, 0.05) is 0 Å². The summed E-state index contributed by atoms with van der Waals surface area (Å²) < 4.78 is 5.70. The Bertz CT molecular complexity index is 762. The Morgan fingerprint density at radius 3 is 2.18 bits per heavy atom. The molecule has 0 fully saturated rings. The van der Waals surface area contributed by atoms with E-state index in [4.69, 9.17) is 15.3 Å². The van der Waals surface area contributed by atoms with Gasteiger partial charge in [-0.25, -0.2) is 4.84 Å². The van der Waals surface area contributed by atoms with E-state index in [-0.39, 0.29) is 24.2 Å². The number of carbonyl (C=O) groups is 2. The minimum absolute atomic E-state index is 0.0473. The van der Waals surface area contributed by atoms with Crippen LogP contribution < -0.4 is 10.5 Å². The Labute approximate surface area is 164 Å². The molecule has 1 atom stereocenters. The molecule has 7 nitrogen and oxygen atoms in total. The van der Waals surface area contributed by atoms with Gasteiger partial charge < -0.3 is 10.5 Å². The van der Waals surface area contributed by atoms with Gasteiger partial charge in [-0.05, 0) is 35.6 Å². The fraction of sp³-hybridized carbons (Fsp3) is 0.333. The summed E-state index contributed by atoms with van der Waals surface area (Å²) in [7, 11) is 0. The van der Waals surface area contributed by atoms with E-state index in [1.54, 1.807) is 24.3 Å². The fourth-order valence-corrected chi connectivity index (χ4v) is 2.57. The van der Waals surface area contributed by atoms with Crippen LogP contribution in [0.4, 0.5) is 0 Å². The number of nitrogens with zero attached hydrogens (tertiary/aromatic N) is 1. The maximum Gasteiger partial charge on any atom is 0.285 e. The first-order valence-electron chi connectivity index (χ1n) is 9.07. The highest BCUT2D eigenvalue weighted by Crippen LogP contribution is 2.17. The Hall–Kier alpha value is -2.90. The molecule has 0 saturated carbocycles. The minimum Gasteiger partial charge on any atom is -0.489 e. The number of hydrogen-bond acceptors (Lipinski definition) is 5. The molecule has 0 heterocycles. The van der Waals surface area contributed by atoms with E-state index in [0.29, 0.717) is 12.4 Å². The number of rotatable bonds is 10. The lowest BCUT2D eigenvalue weighted by Crippen LogP contribution is -2.40. The van der Waals surface area contributed by atoms with Gasteiger partial charge in [-0.2, -0.15) is 0 Å². The molecule has 0 aliphatic heterocycles.